The summed E-state index contributed by atoms with van der Waals surface area (Å²) in [6.07, 6.45) is 0. The predicted molar refractivity (Wildman–Crippen MR) is 116 cm³/mol. The van der Waals surface area contributed by atoms with E-state index < -0.39 is 0 Å². The zero-order chi connectivity index (χ0) is 20.2. The van der Waals surface area contributed by atoms with Crippen molar-refractivity contribution in [2.75, 3.05) is 31.5 Å². The third-order valence-electron chi connectivity index (χ3n) is 3.88. The van der Waals surface area contributed by atoms with Crippen molar-refractivity contribution in [2.45, 2.75) is 0 Å². The number of likely N-dealkylation sites (N-methyl/N-ethyl adjacent to an activating group) is 1. The monoisotopic (exact) mass is 476 g/mol. The zero-order valence-electron chi connectivity index (χ0n) is 15.4. The number of rotatable bonds is 4. The van der Waals surface area contributed by atoms with Crippen LogP contribution in [0.25, 0.3) is 0 Å². The Morgan fingerprint density at radius 2 is 2.03 bits per heavy atom. The Hall–Kier alpha value is -2.72. The Balaban J connectivity index is 1.33. The number of hydrogen-bond acceptors (Lipinski definition) is 8. The molecule has 0 saturated heterocycles. The van der Waals surface area contributed by atoms with Crippen LogP contribution < -0.4 is 19.5 Å². The van der Waals surface area contributed by atoms with Crippen molar-refractivity contribution < 1.29 is 19.0 Å². The number of halogens is 1. The first-order valence-electron chi connectivity index (χ1n) is 8.68. The maximum atomic E-state index is 12.3. The van der Waals surface area contributed by atoms with E-state index in [-0.39, 0.29) is 18.5 Å². The summed E-state index contributed by atoms with van der Waals surface area (Å²) in [4.78, 5) is 16.7. The number of benzene rings is 2. The molecule has 2 aliphatic rings. The highest BCUT2D eigenvalue weighted by Gasteiger charge is 2.17. The van der Waals surface area contributed by atoms with Gasteiger partial charge in [-0.05, 0) is 36.4 Å². The van der Waals surface area contributed by atoms with Gasteiger partial charge in [0.05, 0.1) is 5.75 Å². The van der Waals surface area contributed by atoms with Gasteiger partial charge in [0.25, 0.3) is 0 Å². The smallest absolute Gasteiger partial charge is 0.234 e. The molecule has 0 fully saturated rings. The maximum Gasteiger partial charge on any atom is 0.234 e. The van der Waals surface area contributed by atoms with E-state index >= 15 is 0 Å². The molecule has 8 nitrogen and oxygen atoms in total. The normalized spacial score (nSPS) is 14.9. The predicted octanol–water partition coefficient (Wildman–Crippen LogP) is 3.54. The number of amidine groups is 1. The van der Waals surface area contributed by atoms with E-state index in [9.17, 15) is 4.79 Å². The topological polar surface area (TPSA) is 84.8 Å². The third-order valence-corrected chi connectivity index (χ3v) is 5.25. The molecule has 2 aromatic carbocycles. The first-order valence-corrected chi connectivity index (χ1v) is 10.5. The van der Waals surface area contributed by atoms with Crippen LogP contribution in [0.1, 0.15) is 0 Å². The van der Waals surface area contributed by atoms with Crippen LogP contribution in [-0.2, 0) is 4.79 Å². The summed E-state index contributed by atoms with van der Waals surface area (Å²) >= 11 is 4.63. The largest absolute Gasteiger partial charge is 0.454 e. The molecule has 2 heterocycles. The quantitative estimate of drug-likeness (QED) is 0.726. The molecule has 0 spiro atoms. The first-order chi connectivity index (χ1) is 14.0. The molecular formula is C19H17BrN4O4S. The lowest BCUT2D eigenvalue weighted by Gasteiger charge is -2.20. The van der Waals surface area contributed by atoms with Crippen molar-refractivity contribution in [3.63, 3.8) is 0 Å². The summed E-state index contributed by atoms with van der Waals surface area (Å²) in [5, 5.41) is 9.35. The second-order valence-corrected chi connectivity index (χ2v) is 8.02. The number of nitrogens with one attached hydrogen (secondary N) is 1. The van der Waals surface area contributed by atoms with Gasteiger partial charge in [-0.2, -0.15) is 4.99 Å². The minimum absolute atomic E-state index is 0.163. The van der Waals surface area contributed by atoms with Crippen LogP contribution in [0.15, 0.2) is 57.0 Å². The second kappa shape index (κ2) is 8.75. The maximum absolute atomic E-state index is 12.3. The Morgan fingerprint density at radius 1 is 1.24 bits per heavy atom. The molecule has 2 aliphatic heterocycles. The van der Waals surface area contributed by atoms with E-state index in [1.807, 2.05) is 31.3 Å². The highest BCUT2D eigenvalue weighted by Crippen LogP contribution is 2.34. The zero-order valence-corrected chi connectivity index (χ0v) is 17.8. The van der Waals surface area contributed by atoms with E-state index in [0.717, 1.165) is 4.47 Å². The summed E-state index contributed by atoms with van der Waals surface area (Å²) in [6, 6.07) is 12.8. The Kier molecular flexibility index (Phi) is 5.91. The summed E-state index contributed by atoms with van der Waals surface area (Å²) in [7, 11) is 1.83. The number of ether oxygens (including phenoxy) is 3. The van der Waals surface area contributed by atoms with Gasteiger partial charge < -0.3 is 19.5 Å². The van der Waals surface area contributed by atoms with Crippen LogP contribution in [0.3, 0.4) is 0 Å². The van der Waals surface area contributed by atoms with Gasteiger partial charge in [-0.15, -0.1) is 5.10 Å². The van der Waals surface area contributed by atoms with Crippen molar-refractivity contribution >= 4 is 50.4 Å². The van der Waals surface area contributed by atoms with E-state index in [1.54, 1.807) is 23.2 Å². The Bertz CT molecular complexity index is 981. The standard InChI is InChI=1S/C19H17BrN4O4S/c1-24-9-18(28-14-5-2-12(20)3-6-14)22-19(23-24)29-10-17(25)21-13-4-7-15-16(8-13)27-11-26-15/h2-8H,9-11H2,1H3,(H,21,25). The van der Waals surface area contributed by atoms with Gasteiger partial charge in [0.1, 0.15) is 12.3 Å². The average Bonchev–Trinajstić information content (AvgIpc) is 3.16. The third kappa shape index (κ3) is 5.21. The molecule has 0 radical (unpaired) electrons. The van der Waals surface area contributed by atoms with Crippen LogP contribution in [0, 0.1) is 0 Å². The molecule has 0 unspecified atom stereocenters. The second-order valence-electron chi connectivity index (χ2n) is 6.16. The minimum atomic E-state index is -0.171. The Labute approximate surface area is 180 Å². The van der Waals surface area contributed by atoms with Gasteiger partial charge in [-0.3, -0.25) is 9.80 Å². The van der Waals surface area contributed by atoms with Crippen LogP contribution in [0.2, 0.25) is 0 Å². The number of nitrogens with zero attached hydrogens (tertiary/aromatic N) is 3. The van der Waals surface area contributed by atoms with E-state index in [4.69, 9.17) is 14.2 Å². The molecule has 1 amide bonds. The van der Waals surface area contributed by atoms with Gasteiger partial charge >= 0.3 is 0 Å². The number of hydrogen-bond donors (Lipinski definition) is 1. The fourth-order valence-corrected chi connectivity index (χ4v) is 3.56. The SMILES string of the molecule is CN1CC(Oc2ccc(Br)cc2)=NC(SCC(=O)Nc2ccc3c(c2)OCO3)=N1. The molecule has 0 bridgehead atoms. The first kappa shape index (κ1) is 19.6. The van der Waals surface area contributed by atoms with Crippen molar-refractivity contribution in [2.24, 2.45) is 10.1 Å². The number of amides is 1. The van der Waals surface area contributed by atoms with Gasteiger partial charge in [-0.1, -0.05) is 27.7 Å². The molecule has 4 rings (SSSR count). The fraction of sp³-hybridized carbons (Fsp3) is 0.211. The molecule has 2 aromatic rings. The lowest BCUT2D eigenvalue weighted by molar-refractivity contribution is -0.113. The molecular weight excluding hydrogens is 460 g/mol. The van der Waals surface area contributed by atoms with E-state index in [2.05, 4.69) is 31.3 Å². The summed E-state index contributed by atoms with van der Waals surface area (Å²) in [5.41, 5.74) is 0.644. The molecule has 29 heavy (non-hydrogen) atoms. The van der Waals surface area contributed by atoms with Gasteiger partial charge in [0.2, 0.25) is 23.8 Å². The minimum Gasteiger partial charge on any atom is -0.454 e. The lowest BCUT2D eigenvalue weighted by atomic mass is 10.3. The van der Waals surface area contributed by atoms with Crippen molar-refractivity contribution in [1.29, 1.82) is 0 Å². The Morgan fingerprint density at radius 3 is 2.86 bits per heavy atom. The van der Waals surface area contributed by atoms with Crippen LogP contribution >= 0.6 is 27.7 Å². The van der Waals surface area contributed by atoms with Gasteiger partial charge in [0.15, 0.2) is 11.5 Å². The number of fused-ring (bicyclic) bond motifs is 1. The summed E-state index contributed by atoms with van der Waals surface area (Å²) in [5.74, 6) is 2.49. The molecule has 1 N–H and O–H groups in total. The van der Waals surface area contributed by atoms with Gasteiger partial charge in [0, 0.05) is 23.3 Å². The highest BCUT2D eigenvalue weighted by atomic mass is 79.9. The molecule has 0 atom stereocenters. The van der Waals surface area contributed by atoms with Crippen LogP contribution in [0.4, 0.5) is 5.69 Å². The van der Waals surface area contributed by atoms with E-state index in [0.29, 0.717) is 40.5 Å². The number of anilines is 1. The highest BCUT2D eigenvalue weighted by molar-refractivity contribution is 9.10. The number of thioether (sulfide) groups is 1. The molecule has 0 saturated carbocycles. The molecule has 0 aromatic heterocycles. The number of aliphatic imine (C=N–C) groups is 1. The van der Waals surface area contributed by atoms with Crippen molar-refractivity contribution in [3.05, 3.63) is 46.9 Å². The summed E-state index contributed by atoms with van der Waals surface area (Å²) < 4.78 is 17.4. The lowest BCUT2D eigenvalue weighted by Crippen LogP contribution is -2.31. The van der Waals surface area contributed by atoms with Gasteiger partial charge in [-0.25, -0.2) is 0 Å². The fourth-order valence-electron chi connectivity index (χ4n) is 2.60. The molecule has 0 aliphatic carbocycles. The van der Waals surface area contributed by atoms with Crippen molar-refractivity contribution in [1.82, 2.24) is 5.01 Å². The number of hydrazone groups is 1. The van der Waals surface area contributed by atoms with Crippen LogP contribution in [0.5, 0.6) is 17.2 Å². The molecule has 150 valence electrons. The number of carbonyl (C=O) groups is 1. The number of carbonyl (C=O) groups excluding carboxylic acids is 1. The van der Waals surface area contributed by atoms with E-state index in [1.165, 1.54) is 11.8 Å². The summed E-state index contributed by atoms with van der Waals surface area (Å²) in [6.45, 7) is 0.641. The van der Waals surface area contributed by atoms with Crippen molar-refractivity contribution in [3.8, 4) is 17.2 Å². The van der Waals surface area contributed by atoms with Crippen LogP contribution in [-0.4, -0.2) is 48.1 Å². The molecule has 10 heteroatoms. The average molecular weight is 477 g/mol.